The van der Waals surface area contributed by atoms with E-state index in [1.54, 1.807) is 0 Å². The van der Waals surface area contributed by atoms with Gasteiger partial charge in [0, 0.05) is 19.0 Å². The van der Waals surface area contributed by atoms with E-state index in [0.29, 0.717) is 0 Å². The van der Waals surface area contributed by atoms with Gasteiger partial charge in [-0.1, -0.05) is 6.92 Å². The molecule has 2 rings (SSSR count). The van der Waals surface area contributed by atoms with Gasteiger partial charge in [-0.15, -0.1) is 0 Å². The number of piperidine rings is 2. The van der Waals surface area contributed by atoms with Gasteiger partial charge in [0.15, 0.2) is 0 Å². The number of nitrogens with two attached hydrogens (primary N) is 1. The van der Waals surface area contributed by atoms with Gasteiger partial charge in [-0.25, -0.2) is 0 Å². The van der Waals surface area contributed by atoms with Gasteiger partial charge >= 0.3 is 0 Å². The molecular weight excluding hydrogens is 254 g/mol. The van der Waals surface area contributed by atoms with Crippen molar-refractivity contribution in [2.75, 3.05) is 26.2 Å². The van der Waals surface area contributed by atoms with Crippen molar-refractivity contribution in [3.63, 3.8) is 0 Å². The van der Waals surface area contributed by atoms with E-state index < -0.39 is 0 Å². The molecule has 2 aliphatic heterocycles. The smallest absolute Gasteiger partial charge is 0.239 e. The fourth-order valence-corrected chi connectivity index (χ4v) is 3.22. The van der Waals surface area contributed by atoms with Crippen molar-refractivity contribution in [1.29, 1.82) is 0 Å². The second kappa shape index (κ2) is 6.57. The van der Waals surface area contributed by atoms with Crippen molar-refractivity contribution in [2.24, 2.45) is 17.6 Å². The Balaban J connectivity index is 1.83. The summed E-state index contributed by atoms with van der Waals surface area (Å²) in [5.41, 5.74) is 5.35. The molecule has 0 bridgehead atoms. The molecule has 5 heteroatoms. The van der Waals surface area contributed by atoms with Crippen molar-refractivity contribution in [1.82, 2.24) is 9.80 Å². The second-order valence-corrected chi connectivity index (χ2v) is 6.40. The molecule has 20 heavy (non-hydrogen) atoms. The highest BCUT2D eigenvalue weighted by Gasteiger charge is 2.31. The van der Waals surface area contributed by atoms with E-state index in [4.69, 9.17) is 5.73 Å². The first-order valence-electron chi connectivity index (χ1n) is 7.81. The number of amides is 2. The summed E-state index contributed by atoms with van der Waals surface area (Å²) in [6.07, 6.45) is 3.79. The number of likely N-dealkylation sites (tertiary alicyclic amines) is 2. The number of primary amides is 1. The molecule has 0 radical (unpaired) electrons. The molecule has 2 saturated heterocycles. The summed E-state index contributed by atoms with van der Waals surface area (Å²) in [6.45, 7) is 7.62. The Bertz CT molecular complexity index is 356. The SMILES string of the molecule is CC1CCN(C(=O)[C@H](C)N2CCC(C(N)=O)CC2)CC1. The zero-order valence-corrected chi connectivity index (χ0v) is 12.7. The second-order valence-electron chi connectivity index (χ2n) is 6.40. The molecule has 0 aromatic carbocycles. The minimum absolute atomic E-state index is 0.00983. The summed E-state index contributed by atoms with van der Waals surface area (Å²) in [4.78, 5) is 27.9. The third-order valence-electron chi connectivity index (χ3n) is 4.93. The highest BCUT2D eigenvalue weighted by atomic mass is 16.2. The van der Waals surface area contributed by atoms with Crippen LogP contribution in [0.4, 0.5) is 0 Å². The molecule has 0 saturated carbocycles. The summed E-state index contributed by atoms with van der Waals surface area (Å²) in [6, 6.07) is -0.0720. The lowest BCUT2D eigenvalue weighted by atomic mass is 9.94. The van der Waals surface area contributed by atoms with Crippen LogP contribution >= 0.6 is 0 Å². The number of carbonyl (C=O) groups is 2. The van der Waals surface area contributed by atoms with Crippen LogP contribution in [-0.2, 0) is 9.59 Å². The van der Waals surface area contributed by atoms with Crippen molar-refractivity contribution >= 4 is 11.8 Å². The van der Waals surface area contributed by atoms with E-state index in [0.717, 1.165) is 57.8 Å². The fourth-order valence-electron chi connectivity index (χ4n) is 3.22. The van der Waals surface area contributed by atoms with Crippen LogP contribution < -0.4 is 5.73 Å². The zero-order valence-electron chi connectivity index (χ0n) is 12.7. The molecular formula is C15H27N3O2. The summed E-state index contributed by atoms with van der Waals surface area (Å²) < 4.78 is 0. The Kier molecular flexibility index (Phi) is 5.02. The Labute approximate surface area is 121 Å². The Morgan fingerprint density at radius 3 is 2.10 bits per heavy atom. The summed E-state index contributed by atoms with van der Waals surface area (Å²) >= 11 is 0. The molecule has 2 aliphatic rings. The van der Waals surface area contributed by atoms with Crippen molar-refractivity contribution in [2.45, 2.75) is 45.6 Å². The van der Waals surface area contributed by atoms with Crippen LogP contribution in [0.2, 0.25) is 0 Å². The topological polar surface area (TPSA) is 66.6 Å². The molecule has 114 valence electrons. The van der Waals surface area contributed by atoms with Crippen LogP contribution in [0, 0.1) is 11.8 Å². The molecule has 0 aromatic rings. The van der Waals surface area contributed by atoms with Crippen LogP contribution in [0.1, 0.15) is 39.5 Å². The van der Waals surface area contributed by atoms with Crippen LogP contribution in [0.15, 0.2) is 0 Å². The van der Waals surface area contributed by atoms with E-state index >= 15 is 0 Å². The molecule has 2 heterocycles. The molecule has 0 aliphatic carbocycles. The highest BCUT2D eigenvalue weighted by Crippen LogP contribution is 2.21. The zero-order chi connectivity index (χ0) is 14.7. The van der Waals surface area contributed by atoms with E-state index in [2.05, 4.69) is 11.8 Å². The lowest BCUT2D eigenvalue weighted by Crippen LogP contribution is -2.52. The number of nitrogens with zero attached hydrogens (tertiary/aromatic N) is 2. The molecule has 0 unspecified atom stereocenters. The van der Waals surface area contributed by atoms with Gasteiger partial charge in [-0.2, -0.15) is 0 Å². The molecule has 2 N–H and O–H groups in total. The van der Waals surface area contributed by atoms with E-state index in [1.165, 1.54) is 0 Å². The van der Waals surface area contributed by atoms with E-state index in [-0.39, 0.29) is 23.8 Å². The Morgan fingerprint density at radius 1 is 1.05 bits per heavy atom. The predicted molar refractivity (Wildman–Crippen MR) is 77.9 cm³/mol. The largest absolute Gasteiger partial charge is 0.369 e. The van der Waals surface area contributed by atoms with Crippen LogP contribution in [-0.4, -0.2) is 53.8 Å². The first kappa shape index (κ1) is 15.3. The number of hydrogen-bond donors (Lipinski definition) is 1. The van der Waals surface area contributed by atoms with Crippen LogP contribution in [0.3, 0.4) is 0 Å². The average molecular weight is 281 g/mol. The standard InChI is InChI=1S/C15H27N3O2/c1-11-3-7-18(8-4-11)15(20)12(2)17-9-5-13(6-10-17)14(16)19/h11-13H,3-10H2,1-2H3,(H2,16,19)/t12-/m0/s1. The maximum atomic E-state index is 12.5. The van der Waals surface area contributed by atoms with Crippen LogP contribution in [0.25, 0.3) is 0 Å². The first-order chi connectivity index (χ1) is 9.49. The summed E-state index contributed by atoms with van der Waals surface area (Å²) in [5.74, 6) is 0.771. The van der Waals surface area contributed by atoms with Crippen molar-refractivity contribution in [3.05, 3.63) is 0 Å². The highest BCUT2D eigenvalue weighted by molar-refractivity contribution is 5.81. The predicted octanol–water partition coefficient (Wildman–Crippen LogP) is 0.831. The molecule has 5 nitrogen and oxygen atoms in total. The minimum atomic E-state index is -0.200. The van der Waals surface area contributed by atoms with Gasteiger partial charge < -0.3 is 10.6 Å². The molecule has 0 aromatic heterocycles. The number of hydrogen-bond acceptors (Lipinski definition) is 3. The number of rotatable bonds is 3. The maximum absolute atomic E-state index is 12.5. The van der Waals surface area contributed by atoms with Gasteiger partial charge in [0.05, 0.1) is 6.04 Å². The third-order valence-corrected chi connectivity index (χ3v) is 4.93. The third kappa shape index (κ3) is 3.51. The van der Waals surface area contributed by atoms with Crippen molar-refractivity contribution in [3.8, 4) is 0 Å². The van der Waals surface area contributed by atoms with E-state index in [9.17, 15) is 9.59 Å². The van der Waals surface area contributed by atoms with Crippen LogP contribution in [0.5, 0.6) is 0 Å². The fraction of sp³-hybridized carbons (Fsp3) is 0.867. The minimum Gasteiger partial charge on any atom is -0.369 e. The van der Waals surface area contributed by atoms with E-state index in [1.807, 2.05) is 11.8 Å². The Morgan fingerprint density at radius 2 is 1.60 bits per heavy atom. The lowest BCUT2D eigenvalue weighted by Gasteiger charge is -2.38. The molecule has 2 amide bonds. The maximum Gasteiger partial charge on any atom is 0.239 e. The van der Waals surface area contributed by atoms with Gasteiger partial charge in [0.1, 0.15) is 0 Å². The Hall–Kier alpha value is -1.10. The van der Waals surface area contributed by atoms with Gasteiger partial charge in [-0.05, 0) is 51.6 Å². The molecule has 0 spiro atoms. The average Bonchev–Trinajstić information content (AvgIpc) is 2.46. The monoisotopic (exact) mass is 281 g/mol. The normalized spacial score (nSPS) is 24.6. The van der Waals surface area contributed by atoms with Crippen molar-refractivity contribution < 1.29 is 9.59 Å². The summed E-state index contributed by atoms with van der Waals surface area (Å²) in [5, 5.41) is 0. The quantitative estimate of drug-likeness (QED) is 0.833. The molecule has 1 atom stereocenters. The summed E-state index contributed by atoms with van der Waals surface area (Å²) in [7, 11) is 0. The lowest BCUT2D eigenvalue weighted by molar-refractivity contribution is -0.138. The van der Waals surface area contributed by atoms with Gasteiger partial charge in [0.2, 0.25) is 11.8 Å². The number of carbonyl (C=O) groups excluding carboxylic acids is 2. The first-order valence-corrected chi connectivity index (χ1v) is 7.81. The molecule has 2 fully saturated rings. The van der Waals surface area contributed by atoms with Gasteiger partial charge in [-0.3, -0.25) is 14.5 Å². The van der Waals surface area contributed by atoms with Gasteiger partial charge in [0.25, 0.3) is 0 Å².